The number of urea groups is 1. The number of nitrogens with one attached hydrogen (secondary N) is 3. The smallest absolute Gasteiger partial charge is 0.314 e. The largest absolute Gasteiger partial charge is 0.350 e. The zero-order valence-electron chi connectivity index (χ0n) is 15.6. The van der Waals surface area contributed by atoms with E-state index in [0.717, 1.165) is 6.54 Å². The molecule has 0 bridgehead atoms. The molecule has 0 radical (unpaired) electrons. The number of benzene rings is 1. The Hall–Kier alpha value is -2.15. The highest BCUT2D eigenvalue weighted by atomic mass is 19.1. The van der Waals surface area contributed by atoms with Crippen molar-refractivity contribution >= 4 is 11.9 Å². The minimum absolute atomic E-state index is 0.00132. The van der Waals surface area contributed by atoms with Crippen LogP contribution in [-0.4, -0.2) is 55.1 Å². The molecular weight excluding hydrogens is 335 g/mol. The minimum atomic E-state index is -0.559. The molecular formula is C19H29FN4O2. The van der Waals surface area contributed by atoms with Crippen LogP contribution in [0.3, 0.4) is 0 Å². The van der Waals surface area contributed by atoms with Gasteiger partial charge < -0.3 is 16.0 Å². The predicted molar refractivity (Wildman–Crippen MR) is 99.6 cm³/mol. The van der Waals surface area contributed by atoms with E-state index in [1.807, 2.05) is 0 Å². The van der Waals surface area contributed by atoms with E-state index >= 15 is 0 Å². The van der Waals surface area contributed by atoms with E-state index in [4.69, 9.17) is 0 Å². The quantitative estimate of drug-likeness (QED) is 0.649. The monoisotopic (exact) mass is 364 g/mol. The fourth-order valence-corrected chi connectivity index (χ4v) is 3.29. The minimum Gasteiger partial charge on any atom is -0.350 e. The lowest BCUT2D eigenvalue weighted by Gasteiger charge is -2.38. The van der Waals surface area contributed by atoms with E-state index in [2.05, 4.69) is 34.7 Å². The van der Waals surface area contributed by atoms with Gasteiger partial charge >= 0.3 is 6.03 Å². The van der Waals surface area contributed by atoms with Gasteiger partial charge in [0.25, 0.3) is 5.91 Å². The number of rotatable bonds is 7. The number of halogens is 1. The maximum atomic E-state index is 13.5. The molecule has 3 N–H and O–H groups in total. The highest BCUT2D eigenvalue weighted by Crippen LogP contribution is 2.18. The second-order valence-corrected chi connectivity index (χ2v) is 6.80. The van der Waals surface area contributed by atoms with Gasteiger partial charge in [-0.2, -0.15) is 0 Å². The number of amides is 3. The molecule has 2 rings (SSSR count). The van der Waals surface area contributed by atoms with Gasteiger partial charge in [0.1, 0.15) is 5.82 Å². The molecule has 1 saturated heterocycles. The van der Waals surface area contributed by atoms with Gasteiger partial charge in [0.05, 0.1) is 5.56 Å². The van der Waals surface area contributed by atoms with Crippen molar-refractivity contribution in [1.82, 2.24) is 20.9 Å². The second kappa shape index (κ2) is 10.1. The van der Waals surface area contributed by atoms with Crippen LogP contribution in [-0.2, 0) is 0 Å². The molecule has 1 aliphatic heterocycles. The lowest BCUT2D eigenvalue weighted by Crippen LogP contribution is -2.50. The molecule has 1 aliphatic rings. The van der Waals surface area contributed by atoms with Crippen LogP contribution in [0, 0.1) is 5.82 Å². The van der Waals surface area contributed by atoms with Crippen LogP contribution in [0.25, 0.3) is 0 Å². The lowest BCUT2D eigenvalue weighted by molar-refractivity contribution is 0.0949. The Bertz CT molecular complexity index is 611. The summed E-state index contributed by atoms with van der Waals surface area (Å²) in [7, 11) is 0. The Morgan fingerprint density at radius 3 is 2.65 bits per heavy atom. The Kier molecular flexibility index (Phi) is 7.84. The summed E-state index contributed by atoms with van der Waals surface area (Å²) in [6.07, 6.45) is 3.69. The molecule has 26 heavy (non-hydrogen) atoms. The summed E-state index contributed by atoms with van der Waals surface area (Å²) in [5.41, 5.74) is 0.00132. The van der Waals surface area contributed by atoms with Crippen LogP contribution in [0.4, 0.5) is 9.18 Å². The van der Waals surface area contributed by atoms with E-state index in [9.17, 15) is 14.0 Å². The Morgan fingerprint density at radius 1 is 1.19 bits per heavy atom. The summed E-state index contributed by atoms with van der Waals surface area (Å²) in [6.45, 7) is 6.52. The summed E-state index contributed by atoms with van der Waals surface area (Å²) in [5.74, 6) is -1.05. The number of carbonyl (C=O) groups excluding carboxylic acids is 2. The molecule has 3 amide bonds. The second-order valence-electron chi connectivity index (χ2n) is 6.80. The van der Waals surface area contributed by atoms with Gasteiger partial charge in [-0.05, 0) is 45.4 Å². The number of carbonyl (C=O) groups is 2. The topological polar surface area (TPSA) is 73.5 Å². The van der Waals surface area contributed by atoms with E-state index < -0.39 is 11.7 Å². The normalized spacial score (nSPS) is 18.8. The average molecular weight is 364 g/mol. The van der Waals surface area contributed by atoms with Crippen molar-refractivity contribution in [1.29, 1.82) is 0 Å². The third-order valence-electron chi connectivity index (χ3n) is 4.79. The van der Waals surface area contributed by atoms with Gasteiger partial charge in [-0.15, -0.1) is 0 Å². The summed E-state index contributed by atoms with van der Waals surface area (Å²) in [6, 6.07) is 6.38. The number of hydrogen-bond donors (Lipinski definition) is 3. The molecule has 1 fully saturated rings. The van der Waals surface area contributed by atoms with Crippen molar-refractivity contribution in [3.63, 3.8) is 0 Å². The molecule has 7 heteroatoms. The first kappa shape index (κ1) is 20.2. The molecule has 2 unspecified atom stereocenters. The first-order valence-corrected chi connectivity index (χ1v) is 9.29. The van der Waals surface area contributed by atoms with Gasteiger partial charge in [0.15, 0.2) is 0 Å². The van der Waals surface area contributed by atoms with Crippen molar-refractivity contribution in [3.8, 4) is 0 Å². The van der Waals surface area contributed by atoms with Crippen LogP contribution in [0.1, 0.15) is 43.5 Å². The molecule has 2 atom stereocenters. The number of hydrogen-bond acceptors (Lipinski definition) is 3. The van der Waals surface area contributed by atoms with Crippen molar-refractivity contribution in [2.24, 2.45) is 0 Å². The van der Waals surface area contributed by atoms with Crippen LogP contribution in [0.5, 0.6) is 0 Å². The average Bonchev–Trinajstić information content (AvgIpc) is 2.64. The standard InChI is InChI=1S/C19H29FN4O2/c1-14-7-5-6-12-24(14)15(2)13-23-19(26)22-11-10-21-18(25)16-8-3-4-9-17(16)20/h3-4,8-9,14-15H,5-7,10-13H2,1-2H3,(H,21,25)(H2,22,23,26). The molecule has 0 aromatic heterocycles. The van der Waals surface area contributed by atoms with E-state index in [1.165, 1.54) is 37.5 Å². The maximum absolute atomic E-state index is 13.5. The third kappa shape index (κ3) is 5.98. The zero-order chi connectivity index (χ0) is 18.9. The SMILES string of the molecule is CC1CCCCN1C(C)CNC(=O)NCCNC(=O)c1ccccc1F. The molecule has 0 saturated carbocycles. The predicted octanol–water partition coefficient (Wildman–Crippen LogP) is 2.12. The zero-order valence-corrected chi connectivity index (χ0v) is 15.6. The van der Waals surface area contributed by atoms with Gasteiger partial charge in [0, 0.05) is 31.7 Å². The van der Waals surface area contributed by atoms with E-state index in [0.29, 0.717) is 12.6 Å². The van der Waals surface area contributed by atoms with Crippen LogP contribution in [0.15, 0.2) is 24.3 Å². The summed E-state index contributed by atoms with van der Waals surface area (Å²) >= 11 is 0. The van der Waals surface area contributed by atoms with Crippen molar-refractivity contribution < 1.29 is 14.0 Å². The van der Waals surface area contributed by atoms with Crippen molar-refractivity contribution in [2.45, 2.75) is 45.2 Å². The van der Waals surface area contributed by atoms with Crippen LogP contribution in [0.2, 0.25) is 0 Å². The number of nitrogens with zero attached hydrogens (tertiary/aromatic N) is 1. The van der Waals surface area contributed by atoms with E-state index in [-0.39, 0.29) is 30.7 Å². The summed E-state index contributed by atoms with van der Waals surface area (Å²) < 4.78 is 13.5. The highest BCUT2D eigenvalue weighted by molar-refractivity contribution is 5.94. The summed E-state index contributed by atoms with van der Waals surface area (Å²) in [4.78, 5) is 26.1. The summed E-state index contributed by atoms with van der Waals surface area (Å²) in [5, 5.41) is 8.15. The molecule has 1 aromatic rings. The molecule has 6 nitrogen and oxygen atoms in total. The van der Waals surface area contributed by atoms with Crippen LogP contribution >= 0.6 is 0 Å². The molecule has 1 heterocycles. The Morgan fingerprint density at radius 2 is 1.92 bits per heavy atom. The first-order valence-electron chi connectivity index (χ1n) is 9.29. The number of piperidine rings is 1. The Labute approximate surface area is 154 Å². The van der Waals surface area contributed by atoms with Crippen LogP contribution < -0.4 is 16.0 Å². The molecule has 0 aliphatic carbocycles. The van der Waals surface area contributed by atoms with E-state index in [1.54, 1.807) is 6.07 Å². The Balaban J connectivity index is 1.61. The van der Waals surface area contributed by atoms with Gasteiger partial charge in [-0.25, -0.2) is 9.18 Å². The molecule has 144 valence electrons. The first-order chi connectivity index (χ1) is 12.5. The van der Waals surface area contributed by atoms with Gasteiger partial charge in [-0.3, -0.25) is 9.69 Å². The lowest BCUT2D eigenvalue weighted by atomic mass is 10.0. The maximum Gasteiger partial charge on any atom is 0.314 e. The fourth-order valence-electron chi connectivity index (χ4n) is 3.29. The fraction of sp³-hybridized carbons (Fsp3) is 0.579. The van der Waals surface area contributed by atoms with Crippen molar-refractivity contribution in [2.75, 3.05) is 26.2 Å². The number of likely N-dealkylation sites (tertiary alicyclic amines) is 1. The van der Waals surface area contributed by atoms with Gasteiger partial charge in [0.2, 0.25) is 0 Å². The molecule has 0 spiro atoms. The molecule has 1 aromatic carbocycles. The van der Waals surface area contributed by atoms with Crippen molar-refractivity contribution in [3.05, 3.63) is 35.6 Å². The highest BCUT2D eigenvalue weighted by Gasteiger charge is 2.23. The van der Waals surface area contributed by atoms with Gasteiger partial charge in [-0.1, -0.05) is 18.6 Å². The third-order valence-corrected chi connectivity index (χ3v) is 4.79.